The van der Waals surface area contributed by atoms with Gasteiger partial charge in [-0.1, -0.05) is 135 Å². The van der Waals surface area contributed by atoms with Crippen LogP contribution in [-0.4, -0.2) is 12.7 Å². The third kappa shape index (κ3) is 5.16. The van der Waals surface area contributed by atoms with E-state index < -0.39 is 6.92 Å². The predicted octanol–water partition coefficient (Wildman–Crippen LogP) is 6.02. The fourth-order valence-corrected chi connectivity index (χ4v) is 3.89. The number of hydrogen-bond donors (Lipinski definition) is 0. The van der Waals surface area contributed by atoms with Gasteiger partial charge in [-0.2, -0.15) is 0 Å². The van der Waals surface area contributed by atoms with Crippen LogP contribution < -0.4 is 10.9 Å². The zero-order valence-electron chi connectivity index (χ0n) is 18.9. The number of carbonyl (C=O) groups is 1. The van der Waals surface area contributed by atoms with Crippen LogP contribution in [0.4, 0.5) is 0 Å². The molecular weight excluding hydrogens is 415 g/mol. The highest BCUT2D eigenvalue weighted by molar-refractivity contribution is 6.81. The summed E-state index contributed by atoms with van der Waals surface area (Å²) in [5.41, 5.74) is 5.28. The van der Waals surface area contributed by atoms with Crippen LogP contribution >= 0.6 is 0 Å². The van der Waals surface area contributed by atoms with Crippen LogP contribution in [0.25, 0.3) is 17.9 Å². The van der Waals surface area contributed by atoms with E-state index in [1.807, 2.05) is 109 Å². The van der Waals surface area contributed by atoms with Gasteiger partial charge in [-0.05, 0) is 22.1 Å². The van der Waals surface area contributed by atoms with Crippen molar-refractivity contribution in [1.82, 2.24) is 0 Å². The minimum absolute atomic E-state index is 0.118. The highest BCUT2D eigenvalue weighted by atomic mass is 16.4. The minimum atomic E-state index is -0.474. The third-order valence-electron chi connectivity index (χ3n) is 5.62. The molecule has 0 unspecified atom stereocenters. The number of ketones is 1. The molecule has 0 heterocycles. The van der Waals surface area contributed by atoms with Crippen molar-refractivity contribution in [3.8, 4) is 0 Å². The predicted molar refractivity (Wildman–Crippen MR) is 144 cm³/mol. The molecule has 0 aliphatic heterocycles. The second kappa shape index (κ2) is 11.0. The van der Waals surface area contributed by atoms with E-state index in [4.69, 9.17) is 4.65 Å². The molecule has 4 aromatic rings. The van der Waals surface area contributed by atoms with Gasteiger partial charge in [0.15, 0.2) is 5.78 Å². The monoisotopic (exact) mass is 440 g/mol. The Morgan fingerprint density at radius 1 is 0.618 bits per heavy atom. The lowest BCUT2D eigenvalue weighted by Crippen LogP contribution is -2.47. The highest BCUT2D eigenvalue weighted by Crippen LogP contribution is 2.20. The Kier molecular flexibility index (Phi) is 7.37. The quantitative estimate of drug-likeness (QED) is 0.138. The van der Waals surface area contributed by atoms with Crippen molar-refractivity contribution >= 4 is 41.5 Å². The summed E-state index contributed by atoms with van der Waals surface area (Å²) < 4.78 is 6.73. The van der Waals surface area contributed by atoms with E-state index in [-0.39, 0.29) is 5.78 Å². The molecule has 0 aliphatic carbocycles. The first-order valence-electron chi connectivity index (χ1n) is 11.2. The van der Waals surface area contributed by atoms with Crippen molar-refractivity contribution in [2.45, 2.75) is 0 Å². The Bertz CT molecular complexity index is 1270. The summed E-state index contributed by atoms with van der Waals surface area (Å²) >= 11 is 0. The van der Waals surface area contributed by atoms with E-state index in [1.54, 1.807) is 18.2 Å². The first-order chi connectivity index (χ1) is 16.7. The van der Waals surface area contributed by atoms with Crippen LogP contribution in [0, 0.1) is 0 Å². The maximum absolute atomic E-state index is 13.1. The smallest absolute Gasteiger partial charge is 0.427 e. The normalized spacial score (nSPS) is 10.9. The molecule has 0 saturated heterocycles. The van der Waals surface area contributed by atoms with Gasteiger partial charge in [0, 0.05) is 17.2 Å². The molecule has 4 aromatic carbocycles. The maximum Gasteiger partial charge on any atom is 0.427 e. The van der Waals surface area contributed by atoms with Crippen LogP contribution in [0.1, 0.15) is 27.0 Å². The van der Waals surface area contributed by atoms with Crippen LogP contribution in [0.5, 0.6) is 0 Å². The molecule has 0 spiro atoms. The fourth-order valence-electron chi connectivity index (χ4n) is 3.89. The Balaban J connectivity index is 1.87. The number of rotatable bonds is 9. The molecule has 3 heteroatoms. The molecule has 0 aromatic heterocycles. The lowest BCUT2D eigenvalue weighted by Gasteiger charge is -2.22. The van der Waals surface area contributed by atoms with E-state index >= 15 is 0 Å². The SMILES string of the molecule is C=Cc1ccccc1B(O/C(=C\C(=O)c1ccccc1)c1ccccc1)c1ccccc1C=C. The van der Waals surface area contributed by atoms with Crippen molar-refractivity contribution in [2.75, 3.05) is 0 Å². The lowest BCUT2D eigenvalue weighted by molar-refractivity contribution is 0.104. The first-order valence-corrected chi connectivity index (χ1v) is 11.2. The first kappa shape index (κ1) is 22.8. The van der Waals surface area contributed by atoms with Crippen LogP contribution in [0.3, 0.4) is 0 Å². The van der Waals surface area contributed by atoms with E-state index in [0.29, 0.717) is 11.3 Å². The minimum Gasteiger partial charge on any atom is -0.551 e. The third-order valence-corrected chi connectivity index (χ3v) is 5.62. The molecule has 0 N–H and O–H groups in total. The Labute approximate surface area is 201 Å². The average Bonchev–Trinajstić information content (AvgIpc) is 2.92. The molecule has 0 bridgehead atoms. The molecule has 0 atom stereocenters. The van der Waals surface area contributed by atoms with E-state index in [2.05, 4.69) is 13.2 Å². The molecule has 0 radical (unpaired) electrons. The number of benzene rings is 4. The standard InChI is InChI=1S/C31H25BO2/c1-3-24-15-11-13-21-28(24)32(29-22-14-12-16-25(29)4-2)34-31(27-19-9-6-10-20-27)23-30(33)26-17-7-5-8-18-26/h3-23H,1-2H2/b31-23-. The van der Waals surface area contributed by atoms with Crippen molar-refractivity contribution < 1.29 is 9.45 Å². The summed E-state index contributed by atoms with van der Waals surface area (Å²) in [6, 6.07) is 34.9. The Morgan fingerprint density at radius 2 is 1.06 bits per heavy atom. The molecule has 4 rings (SSSR count). The number of carbonyl (C=O) groups excluding carboxylic acids is 1. The fraction of sp³-hybridized carbons (Fsp3) is 0. The Hall–Kier alpha value is -4.37. The van der Waals surface area contributed by atoms with Gasteiger partial charge in [-0.3, -0.25) is 4.79 Å². The molecule has 0 aliphatic rings. The summed E-state index contributed by atoms with van der Waals surface area (Å²) in [6.45, 7) is 7.51. The lowest BCUT2D eigenvalue weighted by atomic mass is 9.52. The van der Waals surface area contributed by atoms with Gasteiger partial charge in [0.1, 0.15) is 5.76 Å². The van der Waals surface area contributed by atoms with Crippen LogP contribution in [0.2, 0.25) is 0 Å². The molecule has 164 valence electrons. The van der Waals surface area contributed by atoms with E-state index in [9.17, 15) is 4.79 Å². The van der Waals surface area contributed by atoms with E-state index in [0.717, 1.165) is 27.6 Å². The van der Waals surface area contributed by atoms with Crippen LogP contribution in [0.15, 0.2) is 128 Å². The molecule has 2 nitrogen and oxygen atoms in total. The van der Waals surface area contributed by atoms with Gasteiger partial charge in [0.25, 0.3) is 0 Å². The Morgan fingerprint density at radius 3 is 1.56 bits per heavy atom. The molecule has 0 amide bonds. The van der Waals surface area contributed by atoms with Crippen molar-refractivity contribution in [3.05, 3.63) is 151 Å². The zero-order chi connectivity index (χ0) is 23.8. The number of hydrogen-bond acceptors (Lipinski definition) is 2. The van der Waals surface area contributed by atoms with E-state index in [1.165, 1.54) is 0 Å². The number of allylic oxidation sites excluding steroid dienone is 1. The van der Waals surface area contributed by atoms with Gasteiger partial charge in [0.05, 0.1) is 0 Å². The second-order valence-corrected chi connectivity index (χ2v) is 7.77. The van der Waals surface area contributed by atoms with Gasteiger partial charge in [-0.15, -0.1) is 0 Å². The largest absolute Gasteiger partial charge is 0.551 e. The highest BCUT2D eigenvalue weighted by Gasteiger charge is 2.29. The summed E-state index contributed by atoms with van der Waals surface area (Å²) in [6.07, 6.45) is 5.22. The van der Waals surface area contributed by atoms with Crippen molar-refractivity contribution in [1.29, 1.82) is 0 Å². The second-order valence-electron chi connectivity index (χ2n) is 7.77. The van der Waals surface area contributed by atoms with Gasteiger partial charge in [0.2, 0.25) is 0 Å². The summed E-state index contributed by atoms with van der Waals surface area (Å²) in [5, 5.41) is 0. The van der Waals surface area contributed by atoms with Crippen molar-refractivity contribution in [2.24, 2.45) is 0 Å². The maximum atomic E-state index is 13.1. The summed E-state index contributed by atoms with van der Waals surface area (Å²) in [4.78, 5) is 13.1. The molecule has 34 heavy (non-hydrogen) atoms. The molecular formula is C31H25BO2. The van der Waals surface area contributed by atoms with Crippen molar-refractivity contribution in [3.63, 3.8) is 0 Å². The molecule has 0 fully saturated rings. The summed E-state index contributed by atoms with van der Waals surface area (Å²) in [7, 11) is 0. The van der Waals surface area contributed by atoms with Gasteiger partial charge >= 0.3 is 6.92 Å². The van der Waals surface area contributed by atoms with Crippen LogP contribution in [-0.2, 0) is 4.65 Å². The summed E-state index contributed by atoms with van der Waals surface area (Å²) in [5.74, 6) is 0.379. The topological polar surface area (TPSA) is 26.3 Å². The van der Waals surface area contributed by atoms with Gasteiger partial charge in [-0.25, -0.2) is 0 Å². The molecule has 0 saturated carbocycles. The zero-order valence-corrected chi connectivity index (χ0v) is 18.9. The average molecular weight is 440 g/mol. The van der Waals surface area contributed by atoms with Gasteiger partial charge < -0.3 is 4.65 Å².